The van der Waals surface area contributed by atoms with Gasteiger partial charge in [-0.15, -0.1) is 0 Å². The van der Waals surface area contributed by atoms with Gasteiger partial charge in [0.05, 0.1) is 106 Å². The molecule has 0 N–H and O–H groups in total. The van der Waals surface area contributed by atoms with E-state index in [4.69, 9.17) is 42.6 Å². The second-order valence-electron chi connectivity index (χ2n) is 7.97. The van der Waals surface area contributed by atoms with Crippen LogP contribution in [0.3, 0.4) is 0 Å². The molecule has 0 saturated carbocycles. The van der Waals surface area contributed by atoms with E-state index in [2.05, 4.69) is 6.92 Å². The van der Waals surface area contributed by atoms with Gasteiger partial charge in [0, 0.05) is 6.42 Å². The molecule has 0 bridgehead atoms. The van der Waals surface area contributed by atoms with Crippen LogP contribution in [0, 0.1) is 0 Å². The Morgan fingerprint density at radius 3 is 1.14 bits per heavy atom. The number of hydrogen-bond donors (Lipinski definition) is 0. The molecule has 0 fully saturated rings. The maximum atomic E-state index is 11.8. The minimum absolute atomic E-state index is 0.113. The third-order valence-corrected chi connectivity index (χ3v) is 4.80. The molecule has 11 heteroatoms. The van der Waals surface area contributed by atoms with Gasteiger partial charge in [-0.1, -0.05) is 32.6 Å². The van der Waals surface area contributed by atoms with Crippen molar-refractivity contribution in [3.05, 3.63) is 0 Å². The molecule has 0 aromatic carbocycles. The minimum atomic E-state index is -0.474. The molecule has 0 amide bonds. The first-order valence-corrected chi connectivity index (χ1v) is 13.6. The molecule has 0 unspecified atom stereocenters. The van der Waals surface area contributed by atoms with E-state index in [-0.39, 0.29) is 19.2 Å². The van der Waals surface area contributed by atoms with E-state index in [0.29, 0.717) is 106 Å². The number of halogens is 1. The molecule has 0 atom stereocenters. The monoisotopic (exact) mass is 542 g/mol. The van der Waals surface area contributed by atoms with Crippen LogP contribution in [0.15, 0.2) is 0 Å². The molecule has 0 heterocycles. The van der Waals surface area contributed by atoms with Crippen LogP contribution in [0.1, 0.15) is 45.4 Å². The average molecular weight is 543 g/mol. The fraction of sp³-hybridized carbons (Fsp3) is 0.962. The summed E-state index contributed by atoms with van der Waals surface area (Å²) in [6.07, 6.45) is 6.07. The maximum absolute atomic E-state index is 11.8. The zero-order valence-electron chi connectivity index (χ0n) is 22.9. The van der Waals surface area contributed by atoms with Gasteiger partial charge >= 0.3 is 5.97 Å². The lowest BCUT2D eigenvalue weighted by Crippen LogP contribution is -2.15. The highest BCUT2D eigenvalue weighted by molar-refractivity contribution is 5.69. The molecule has 0 aromatic heterocycles. The van der Waals surface area contributed by atoms with Crippen LogP contribution >= 0.6 is 0 Å². The summed E-state index contributed by atoms with van der Waals surface area (Å²) in [5, 5.41) is 0. The molecule has 37 heavy (non-hydrogen) atoms. The minimum Gasteiger partial charge on any atom is -0.463 e. The Hall–Kier alpha value is -0.920. The Morgan fingerprint density at radius 1 is 0.459 bits per heavy atom. The van der Waals surface area contributed by atoms with Gasteiger partial charge in [0.2, 0.25) is 0 Å². The summed E-state index contributed by atoms with van der Waals surface area (Å²) in [5.74, 6) is -0.149. The van der Waals surface area contributed by atoms with Gasteiger partial charge in [-0.3, -0.25) is 4.79 Å². The van der Waals surface area contributed by atoms with Crippen molar-refractivity contribution in [2.75, 3.05) is 119 Å². The Kier molecular flexibility index (Phi) is 32.3. The van der Waals surface area contributed by atoms with E-state index >= 15 is 0 Å². The summed E-state index contributed by atoms with van der Waals surface area (Å²) in [4.78, 5) is 11.6. The number of alkyl halides is 1. The van der Waals surface area contributed by atoms with Gasteiger partial charge in [-0.05, 0) is 6.42 Å². The molecule has 0 aromatic rings. The number of hydrogen-bond acceptors (Lipinski definition) is 10. The summed E-state index contributed by atoms with van der Waals surface area (Å²) < 4.78 is 59.6. The Bertz CT molecular complexity index is 446. The zero-order chi connectivity index (χ0) is 26.9. The van der Waals surface area contributed by atoms with Crippen LogP contribution in [-0.2, 0) is 47.4 Å². The van der Waals surface area contributed by atoms with Crippen molar-refractivity contribution in [3.63, 3.8) is 0 Å². The molecule has 10 nitrogen and oxygen atoms in total. The lowest BCUT2D eigenvalue weighted by atomic mass is 10.1. The number of unbranched alkanes of at least 4 members (excludes halogenated alkanes) is 4. The molecule has 0 rings (SSSR count). The van der Waals surface area contributed by atoms with Crippen molar-refractivity contribution >= 4 is 5.97 Å². The molecule has 222 valence electrons. The average Bonchev–Trinajstić information content (AvgIpc) is 2.90. The van der Waals surface area contributed by atoms with Crippen molar-refractivity contribution in [1.29, 1.82) is 0 Å². The Morgan fingerprint density at radius 2 is 0.784 bits per heavy atom. The normalized spacial score (nSPS) is 11.3. The number of ether oxygens (including phenoxy) is 9. The first kappa shape index (κ1) is 36.1. The van der Waals surface area contributed by atoms with Crippen molar-refractivity contribution in [3.8, 4) is 0 Å². The summed E-state index contributed by atoms with van der Waals surface area (Å²) in [7, 11) is 0. The van der Waals surface area contributed by atoms with E-state index in [9.17, 15) is 9.18 Å². The van der Waals surface area contributed by atoms with E-state index < -0.39 is 6.67 Å². The number of carbonyl (C=O) groups is 1. The predicted octanol–water partition coefficient (Wildman–Crippen LogP) is 2.99. The molecule has 0 aliphatic heterocycles. The first-order chi connectivity index (χ1) is 18.3. The van der Waals surface area contributed by atoms with Gasteiger partial charge in [0.1, 0.15) is 13.3 Å². The number of carbonyl (C=O) groups excluding carboxylic acids is 1. The van der Waals surface area contributed by atoms with Gasteiger partial charge in [-0.2, -0.15) is 0 Å². The summed E-state index contributed by atoms with van der Waals surface area (Å²) >= 11 is 0. The second-order valence-corrected chi connectivity index (χ2v) is 7.97. The van der Waals surface area contributed by atoms with Crippen molar-refractivity contribution < 1.29 is 51.8 Å². The first-order valence-electron chi connectivity index (χ1n) is 13.6. The van der Waals surface area contributed by atoms with E-state index in [1.165, 1.54) is 19.3 Å². The summed E-state index contributed by atoms with van der Waals surface area (Å²) in [5.41, 5.74) is 0. The van der Waals surface area contributed by atoms with Crippen molar-refractivity contribution in [1.82, 2.24) is 0 Å². The quantitative estimate of drug-likeness (QED) is 0.0932. The van der Waals surface area contributed by atoms with E-state index in [0.717, 1.165) is 12.8 Å². The standard InChI is InChI=1S/C26H51FO10/c1-2-3-4-5-6-7-26(28)37-25-24-36-23-22-35-21-20-34-19-18-33-17-16-32-15-14-31-13-12-30-11-10-29-9-8-27/h2-25H2,1H3. The highest BCUT2D eigenvalue weighted by Crippen LogP contribution is 2.05. The molecular formula is C26H51FO10. The topological polar surface area (TPSA) is 100 Å². The highest BCUT2D eigenvalue weighted by Gasteiger charge is 2.02. The lowest BCUT2D eigenvalue weighted by Gasteiger charge is -2.09. The van der Waals surface area contributed by atoms with Crippen LogP contribution in [0.2, 0.25) is 0 Å². The van der Waals surface area contributed by atoms with Gasteiger partial charge in [0.25, 0.3) is 0 Å². The third-order valence-electron chi connectivity index (χ3n) is 4.80. The fourth-order valence-corrected chi connectivity index (χ4v) is 2.86. The van der Waals surface area contributed by atoms with E-state index in [1.54, 1.807) is 0 Å². The molecule has 0 saturated heterocycles. The fourth-order valence-electron chi connectivity index (χ4n) is 2.86. The second kappa shape index (κ2) is 33.1. The third kappa shape index (κ3) is 33.1. The van der Waals surface area contributed by atoms with Crippen molar-refractivity contribution in [2.45, 2.75) is 45.4 Å². The van der Waals surface area contributed by atoms with Crippen molar-refractivity contribution in [2.24, 2.45) is 0 Å². The highest BCUT2D eigenvalue weighted by atomic mass is 19.1. The van der Waals surface area contributed by atoms with E-state index in [1.807, 2.05) is 0 Å². The van der Waals surface area contributed by atoms with Gasteiger partial charge in [0.15, 0.2) is 0 Å². The largest absolute Gasteiger partial charge is 0.463 e. The lowest BCUT2D eigenvalue weighted by molar-refractivity contribution is -0.145. The molecule has 0 aliphatic carbocycles. The Labute approximate surface area is 222 Å². The van der Waals surface area contributed by atoms with Gasteiger partial charge in [-0.25, -0.2) is 4.39 Å². The zero-order valence-corrected chi connectivity index (χ0v) is 22.9. The van der Waals surface area contributed by atoms with Gasteiger partial charge < -0.3 is 42.6 Å². The molecular weight excluding hydrogens is 491 g/mol. The predicted molar refractivity (Wildman–Crippen MR) is 137 cm³/mol. The number of rotatable bonds is 32. The molecule has 0 aliphatic rings. The van der Waals surface area contributed by atoms with Crippen LogP contribution in [0.4, 0.5) is 4.39 Å². The Balaban J connectivity index is 3.08. The summed E-state index contributed by atoms with van der Waals surface area (Å²) in [6.45, 7) is 9.09. The van der Waals surface area contributed by atoms with Crippen LogP contribution < -0.4 is 0 Å². The number of esters is 1. The van der Waals surface area contributed by atoms with Crippen LogP contribution in [0.25, 0.3) is 0 Å². The molecule has 0 radical (unpaired) electrons. The van der Waals surface area contributed by atoms with Crippen LogP contribution in [-0.4, -0.2) is 125 Å². The maximum Gasteiger partial charge on any atom is 0.305 e. The molecule has 0 spiro atoms. The smallest absolute Gasteiger partial charge is 0.305 e. The summed E-state index contributed by atoms with van der Waals surface area (Å²) in [6, 6.07) is 0. The van der Waals surface area contributed by atoms with Crippen LogP contribution in [0.5, 0.6) is 0 Å². The SMILES string of the molecule is CCCCCCCC(=O)OCCOCCOCCOCCOCCOCCOCCOCCOCCF.